The average Bonchev–Trinajstić information content (AvgIpc) is 3.26. The normalized spacial score (nSPS) is 15.3. The van der Waals surface area contributed by atoms with Crippen molar-refractivity contribution in [3.63, 3.8) is 0 Å². The highest BCUT2D eigenvalue weighted by Gasteiger charge is 2.25. The molecule has 0 unspecified atom stereocenters. The second-order valence-electron chi connectivity index (χ2n) is 10.1. The third-order valence-electron chi connectivity index (χ3n) is 6.41. The number of ether oxygens (including phenoxy) is 1. The molecule has 0 saturated heterocycles. The van der Waals surface area contributed by atoms with E-state index in [2.05, 4.69) is 4.57 Å². The second-order valence-corrected chi connectivity index (χ2v) is 10.1. The van der Waals surface area contributed by atoms with Gasteiger partial charge < -0.3 is 14.4 Å². The number of benzene rings is 2. The Morgan fingerprint density at radius 3 is 2.35 bits per heavy atom. The molecule has 5 nitrogen and oxygen atoms in total. The fourth-order valence-electron chi connectivity index (χ4n) is 4.52. The lowest BCUT2D eigenvalue weighted by atomic mass is 9.86. The molecule has 5 heteroatoms. The third-order valence-corrected chi connectivity index (χ3v) is 6.41. The second kappa shape index (κ2) is 10.3. The van der Waals surface area contributed by atoms with Gasteiger partial charge in [-0.15, -0.1) is 0 Å². The molecule has 0 aliphatic heterocycles. The van der Waals surface area contributed by atoms with E-state index >= 15 is 0 Å². The van der Waals surface area contributed by atoms with Gasteiger partial charge in [0.1, 0.15) is 18.2 Å². The van der Waals surface area contributed by atoms with Gasteiger partial charge in [0.25, 0.3) is 0 Å². The van der Waals surface area contributed by atoms with Crippen molar-refractivity contribution in [1.29, 1.82) is 0 Å². The molecule has 1 fully saturated rings. The number of aromatic nitrogens is 2. The van der Waals surface area contributed by atoms with Crippen LogP contribution in [0.3, 0.4) is 0 Å². The summed E-state index contributed by atoms with van der Waals surface area (Å²) in [6.07, 6.45) is 9.69. The van der Waals surface area contributed by atoms with Crippen LogP contribution in [0.1, 0.15) is 70.2 Å². The predicted molar refractivity (Wildman–Crippen MR) is 136 cm³/mol. The highest BCUT2D eigenvalue weighted by Crippen LogP contribution is 2.34. The van der Waals surface area contributed by atoms with Crippen LogP contribution in [0.4, 0.5) is 0 Å². The molecule has 1 aromatic heterocycles. The zero-order valence-corrected chi connectivity index (χ0v) is 20.3. The van der Waals surface area contributed by atoms with Crippen molar-refractivity contribution in [1.82, 2.24) is 9.55 Å². The third kappa shape index (κ3) is 5.77. The summed E-state index contributed by atoms with van der Waals surface area (Å²) in [5, 5.41) is 9.76. The molecule has 1 N–H and O–H groups in total. The molecule has 1 aliphatic carbocycles. The summed E-state index contributed by atoms with van der Waals surface area (Å²) >= 11 is 0. The maximum absolute atomic E-state index is 11.9. The lowest BCUT2D eigenvalue weighted by Crippen LogP contribution is -2.17. The molecule has 1 heterocycles. The molecule has 0 radical (unpaired) electrons. The number of carboxylic acid groups (broad SMARTS) is 1. The van der Waals surface area contributed by atoms with Crippen LogP contribution in [-0.2, 0) is 11.4 Å². The van der Waals surface area contributed by atoms with Gasteiger partial charge >= 0.3 is 5.97 Å². The van der Waals surface area contributed by atoms with Gasteiger partial charge in [-0.1, -0.05) is 70.4 Å². The molecule has 0 amide bonds. The van der Waals surface area contributed by atoms with Gasteiger partial charge in [-0.3, -0.25) is 0 Å². The summed E-state index contributed by atoms with van der Waals surface area (Å²) < 4.78 is 8.21. The fourth-order valence-corrected chi connectivity index (χ4v) is 4.52. The lowest BCUT2D eigenvalue weighted by molar-refractivity contribution is -0.133. The Balaban J connectivity index is 1.63. The lowest BCUT2D eigenvalue weighted by Gasteiger charge is -2.24. The topological polar surface area (TPSA) is 64.4 Å². The van der Waals surface area contributed by atoms with Crippen LogP contribution in [0.2, 0.25) is 0 Å². The Bertz CT molecular complexity index is 1130. The van der Waals surface area contributed by atoms with Crippen molar-refractivity contribution in [3.8, 4) is 17.1 Å². The molecule has 0 atom stereocenters. The Labute approximate surface area is 202 Å². The van der Waals surface area contributed by atoms with Crippen molar-refractivity contribution >= 4 is 12.0 Å². The fraction of sp³-hybridized carbons (Fsp3) is 0.379. The summed E-state index contributed by atoms with van der Waals surface area (Å²) in [5.41, 5.74) is 2.71. The number of carboxylic acids is 1. The minimum atomic E-state index is -0.902. The van der Waals surface area contributed by atoms with Crippen molar-refractivity contribution in [2.45, 2.75) is 65.5 Å². The van der Waals surface area contributed by atoms with Gasteiger partial charge in [0, 0.05) is 23.4 Å². The molecule has 0 spiro atoms. The van der Waals surface area contributed by atoms with E-state index in [1.165, 1.54) is 19.3 Å². The highest BCUT2D eigenvalue weighted by molar-refractivity contribution is 5.93. The molecule has 1 saturated carbocycles. The average molecular weight is 459 g/mol. The first kappa shape index (κ1) is 23.8. The highest BCUT2D eigenvalue weighted by atomic mass is 16.5. The van der Waals surface area contributed by atoms with E-state index in [0.717, 1.165) is 35.5 Å². The van der Waals surface area contributed by atoms with Crippen LogP contribution in [-0.4, -0.2) is 20.6 Å². The van der Waals surface area contributed by atoms with Crippen molar-refractivity contribution in [2.75, 3.05) is 0 Å². The monoisotopic (exact) mass is 458 g/mol. The molecular formula is C29H34N2O3. The van der Waals surface area contributed by atoms with Crippen LogP contribution in [0.5, 0.6) is 5.75 Å². The quantitative estimate of drug-likeness (QED) is 0.382. The van der Waals surface area contributed by atoms with E-state index in [-0.39, 0.29) is 0 Å². The van der Waals surface area contributed by atoms with Crippen LogP contribution >= 0.6 is 0 Å². The van der Waals surface area contributed by atoms with E-state index in [0.29, 0.717) is 23.9 Å². The number of carbonyl (C=O) groups is 1. The van der Waals surface area contributed by atoms with Crippen molar-refractivity contribution < 1.29 is 14.6 Å². The summed E-state index contributed by atoms with van der Waals surface area (Å²) in [4.78, 5) is 16.8. The minimum absolute atomic E-state index is 0.358. The molecule has 3 aromatic rings. The number of hydrogen-bond acceptors (Lipinski definition) is 3. The van der Waals surface area contributed by atoms with Gasteiger partial charge in [0.2, 0.25) is 0 Å². The van der Waals surface area contributed by atoms with Gasteiger partial charge in [-0.25, -0.2) is 9.78 Å². The molecule has 2 aromatic carbocycles. The number of imidazole rings is 1. The first-order chi connectivity index (χ1) is 16.3. The van der Waals surface area contributed by atoms with E-state index < -0.39 is 11.4 Å². The number of hydrogen-bond donors (Lipinski definition) is 1. The molecule has 1 aliphatic rings. The SMILES string of the molecule is CC(C)(C)C(=Cc1cn(C2CCCCC2)c(-c2ccc(OCc3ccccc3)cc2)n1)C(=O)O. The van der Waals surface area contributed by atoms with Crippen molar-refractivity contribution in [3.05, 3.63) is 77.6 Å². The standard InChI is InChI=1S/C29H34N2O3/c1-29(2,3)26(28(32)33)18-23-19-31(24-12-8-5-9-13-24)27(30-23)22-14-16-25(17-15-22)34-20-21-10-6-4-7-11-21/h4,6-7,10-11,14-19,24H,5,8-9,12-13,20H2,1-3H3,(H,32,33). The number of nitrogens with zero attached hydrogens (tertiary/aromatic N) is 2. The summed E-state index contributed by atoms with van der Waals surface area (Å²) in [6.45, 7) is 6.27. The molecule has 178 valence electrons. The zero-order valence-electron chi connectivity index (χ0n) is 20.3. The van der Waals surface area contributed by atoms with E-state index in [4.69, 9.17) is 9.72 Å². The zero-order chi connectivity index (χ0) is 24.1. The maximum Gasteiger partial charge on any atom is 0.332 e. The molecular weight excluding hydrogens is 424 g/mol. The smallest absolute Gasteiger partial charge is 0.332 e. The Morgan fingerprint density at radius 2 is 1.74 bits per heavy atom. The van der Waals surface area contributed by atoms with Gasteiger partial charge in [-0.2, -0.15) is 0 Å². The molecule has 0 bridgehead atoms. The Kier molecular flexibility index (Phi) is 7.20. The van der Waals surface area contributed by atoms with Crippen LogP contribution in [0.25, 0.3) is 17.5 Å². The van der Waals surface area contributed by atoms with E-state index in [1.54, 1.807) is 6.08 Å². The van der Waals surface area contributed by atoms with E-state index in [9.17, 15) is 9.90 Å². The Hall–Kier alpha value is -3.34. The predicted octanol–water partition coefficient (Wildman–Crippen LogP) is 7.15. The summed E-state index contributed by atoms with van der Waals surface area (Å²) in [5.74, 6) is 0.789. The summed E-state index contributed by atoms with van der Waals surface area (Å²) in [7, 11) is 0. The van der Waals surface area contributed by atoms with Gasteiger partial charge in [-0.05, 0) is 54.2 Å². The first-order valence-electron chi connectivity index (χ1n) is 12.1. The van der Waals surface area contributed by atoms with Gasteiger partial charge in [0.15, 0.2) is 0 Å². The number of rotatable bonds is 7. The largest absolute Gasteiger partial charge is 0.489 e. The Morgan fingerprint density at radius 1 is 1.06 bits per heavy atom. The van der Waals surface area contributed by atoms with Crippen LogP contribution in [0.15, 0.2) is 66.4 Å². The van der Waals surface area contributed by atoms with Crippen LogP contribution < -0.4 is 4.74 Å². The van der Waals surface area contributed by atoms with Crippen LogP contribution in [0, 0.1) is 5.41 Å². The van der Waals surface area contributed by atoms with Gasteiger partial charge in [0.05, 0.1) is 5.69 Å². The maximum atomic E-state index is 11.9. The number of aliphatic carboxylic acids is 1. The first-order valence-corrected chi connectivity index (χ1v) is 12.1. The molecule has 34 heavy (non-hydrogen) atoms. The van der Waals surface area contributed by atoms with Crippen molar-refractivity contribution in [2.24, 2.45) is 5.41 Å². The minimum Gasteiger partial charge on any atom is -0.489 e. The van der Waals surface area contributed by atoms with E-state index in [1.807, 2.05) is 81.6 Å². The molecule has 4 rings (SSSR count). The summed E-state index contributed by atoms with van der Waals surface area (Å²) in [6, 6.07) is 18.5.